The van der Waals surface area contributed by atoms with Gasteiger partial charge in [-0.15, -0.1) is 0 Å². The van der Waals surface area contributed by atoms with Gasteiger partial charge in [0.2, 0.25) is 11.9 Å². The van der Waals surface area contributed by atoms with Crippen LogP contribution in [-0.2, 0) is 5.41 Å². The molecule has 5 nitrogen and oxygen atoms in total. The molecule has 254 valence electrons. The molecule has 53 heavy (non-hydrogen) atoms. The molecule has 0 unspecified atom stereocenters. The Bertz CT molecular complexity index is 2920. The topological polar surface area (TPSA) is 48.5 Å². The summed E-state index contributed by atoms with van der Waals surface area (Å²) in [6.07, 6.45) is 4.23. The molecule has 0 spiro atoms. The number of aryl methyl sites for hydroxylation is 1. The normalized spacial score (nSPS) is 13.4. The molecular formula is C48H37N5. The van der Waals surface area contributed by atoms with Crippen molar-refractivity contribution >= 4 is 38.8 Å². The van der Waals surface area contributed by atoms with Crippen molar-refractivity contribution in [1.82, 2.24) is 24.1 Å². The average molecular weight is 684 g/mol. The summed E-state index contributed by atoms with van der Waals surface area (Å²) in [6.45, 7) is 8.89. The fourth-order valence-corrected chi connectivity index (χ4v) is 8.50. The van der Waals surface area contributed by atoms with Gasteiger partial charge in [-0.3, -0.25) is 9.13 Å². The fourth-order valence-electron chi connectivity index (χ4n) is 8.50. The van der Waals surface area contributed by atoms with Gasteiger partial charge in [-0.25, -0.2) is 0 Å². The van der Waals surface area contributed by atoms with E-state index in [1.54, 1.807) is 0 Å². The Balaban J connectivity index is 1.27. The summed E-state index contributed by atoms with van der Waals surface area (Å²) in [5, 5.41) is 3.52. The first-order valence-electron chi connectivity index (χ1n) is 18.3. The van der Waals surface area contributed by atoms with E-state index in [4.69, 9.17) is 15.0 Å². The highest BCUT2D eigenvalue weighted by Gasteiger charge is 2.36. The van der Waals surface area contributed by atoms with E-state index in [2.05, 4.69) is 182 Å². The summed E-state index contributed by atoms with van der Waals surface area (Å²) < 4.78 is 4.42. The van der Waals surface area contributed by atoms with Crippen molar-refractivity contribution < 1.29 is 0 Å². The van der Waals surface area contributed by atoms with E-state index in [-0.39, 0.29) is 5.41 Å². The van der Waals surface area contributed by atoms with Gasteiger partial charge in [-0.2, -0.15) is 15.0 Å². The minimum absolute atomic E-state index is 0.152. The average Bonchev–Trinajstić information content (AvgIpc) is 3.76. The predicted octanol–water partition coefficient (Wildman–Crippen LogP) is 11.9. The van der Waals surface area contributed by atoms with Crippen LogP contribution < -0.4 is 0 Å². The van der Waals surface area contributed by atoms with Crippen LogP contribution in [0.1, 0.15) is 43.2 Å². The SMILES string of the molecule is C/C=C\c1c(C)c2ccccc2n1-c1nc(-c2ccc(-c3ccccc3)cc2)nc(-n2c3ccccc3c3cc4c(cc32)C(C)(C)c2ccccc2-4)n1. The zero-order chi connectivity index (χ0) is 35.8. The Labute approximate surface area is 308 Å². The van der Waals surface area contributed by atoms with E-state index in [0.29, 0.717) is 17.7 Å². The Morgan fingerprint density at radius 1 is 0.509 bits per heavy atom. The molecule has 6 aromatic carbocycles. The molecule has 0 radical (unpaired) electrons. The van der Waals surface area contributed by atoms with Crippen LogP contribution in [-0.4, -0.2) is 24.1 Å². The first kappa shape index (κ1) is 31.2. The molecule has 0 fully saturated rings. The van der Waals surface area contributed by atoms with Crippen molar-refractivity contribution in [2.45, 2.75) is 33.1 Å². The minimum atomic E-state index is -0.152. The number of rotatable bonds is 5. The first-order valence-corrected chi connectivity index (χ1v) is 18.3. The van der Waals surface area contributed by atoms with Crippen LogP contribution in [0.3, 0.4) is 0 Å². The van der Waals surface area contributed by atoms with E-state index in [1.807, 2.05) is 6.07 Å². The summed E-state index contributed by atoms with van der Waals surface area (Å²) in [5.74, 6) is 1.78. The lowest BCUT2D eigenvalue weighted by Gasteiger charge is -2.21. The van der Waals surface area contributed by atoms with Gasteiger partial charge in [0.15, 0.2) is 5.82 Å². The lowest BCUT2D eigenvalue weighted by Crippen LogP contribution is -2.15. The smallest absolute Gasteiger partial charge is 0.240 e. The molecular weight excluding hydrogens is 647 g/mol. The van der Waals surface area contributed by atoms with Crippen molar-refractivity contribution in [2.24, 2.45) is 0 Å². The van der Waals surface area contributed by atoms with E-state index in [1.165, 1.54) is 49.5 Å². The molecule has 3 heterocycles. The van der Waals surface area contributed by atoms with Crippen molar-refractivity contribution in [2.75, 3.05) is 0 Å². The highest BCUT2D eigenvalue weighted by molar-refractivity contribution is 6.11. The number of hydrogen-bond acceptors (Lipinski definition) is 3. The summed E-state index contributed by atoms with van der Waals surface area (Å²) in [5.41, 5.74) is 13.8. The second-order valence-corrected chi connectivity index (χ2v) is 14.5. The molecule has 0 atom stereocenters. The molecule has 3 aromatic heterocycles. The third-order valence-electron chi connectivity index (χ3n) is 11.1. The summed E-state index contributed by atoms with van der Waals surface area (Å²) >= 11 is 0. The zero-order valence-electron chi connectivity index (χ0n) is 30.2. The number of para-hydroxylation sites is 2. The Hall–Kier alpha value is -6.59. The predicted molar refractivity (Wildman–Crippen MR) is 219 cm³/mol. The fraction of sp³-hybridized carbons (Fsp3) is 0.104. The van der Waals surface area contributed by atoms with Crippen LogP contribution in [0.15, 0.2) is 146 Å². The molecule has 0 aliphatic heterocycles. The number of allylic oxidation sites excluding steroid dienone is 1. The van der Waals surface area contributed by atoms with Crippen LogP contribution in [0.2, 0.25) is 0 Å². The second kappa shape index (κ2) is 11.7. The van der Waals surface area contributed by atoms with Crippen LogP contribution in [0, 0.1) is 6.92 Å². The third-order valence-corrected chi connectivity index (χ3v) is 11.1. The Morgan fingerprint density at radius 3 is 1.87 bits per heavy atom. The molecule has 9 aromatic rings. The lowest BCUT2D eigenvalue weighted by molar-refractivity contribution is 0.661. The maximum atomic E-state index is 5.38. The Morgan fingerprint density at radius 2 is 1.11 bits per heavy atom. The van der Waals surface area contributed by atoms with Crippen LogP contribution in [0.5, 0.6) is 0 Å². The number of nitrogens with zero attached hydrogens (tertiary/aromatic N) is 5. The maximum Gasteiger partial charge on any atom is 0.240 e. The van der Waals surface area contributed by atoms with E-state index in [0.717, 1.165) is 33.4 Å². The van der Waals surface area contributed by atoms with Gasteiger partial charge in [0.1, 0.15) is 0 Å². The van der Waals surface area contributed by atoms with Crippen LogP contribution in [0.4, 0.5) is 0 Å². The number of benzene rings is 6. The molecule has 1 aliphatic rings. The molecule has 0 saturated carbocycles. The Kier molecular flexibility index (Phi) is 6.89. The molecule has 1 aliphatic carbocycles. The summed E-state index contributed by atoms with van der Waals surface area (Å²) in [7, 11) is 0. The summed E-state index contributed by atoms with van der Waals surface area (Å²) in [4.78, 5) is 16.0. The minimum Gasteiger partial charge on any atom is -0.278 e. The number of hydrogen-bond donors (Lipinski definition) is 0. The van der Waals surface area contributed by atoms with Gasteiger partial charge >= 0.3 is 0 Å². The third kappa shape index (κ3) is 4.67. The van der Waals surface area contributed by atoms with Gasteiger partial charge in [0.25, 0.3) is 0 Å². The van der Waals surface area contributed by atoms with Gasteiger partial charge in [0, 0.05) is 27.1 Å². The standard InChI is InChI=1S/C48H37N5/c1-5-15-41-30(2)34-18-10-13-22-42(34)52(41)46-49-45(33-26-24-32(25-27-33)31-16-7-6-8-17-31)50-47(51-46)53-43-23-14-11-20-36(43)38-28-37-35-19-9-12-21-39(35)48(3,4)40(37)29-44(38)53/h5-29H,1-4H3/b15-5-. The first-order chi connectivity index (χ1) is 25.9. The van der Waals surface area contributed by atoms with Gasteiger partial charge in [0.05, 0.1) is 22.2 Å². The van der Waals surface area contributed by atoms with E-state index < -0.39 is 0 Å². The lowest BCUT2D eigenvalue weighted by atomic mass is 9.82. The largest absolute Gasteiger partial charge is 0.278 e. The summed E-state index contributed by atoms with van der Waals surface area (Å²) in [6, 6.07) is 49.7. The van der Waals surface area contributed by atoms with Crippen molar-refractivity contribution in [1.29, 1.82) is 0 Å². The van der Waals surface area contributed by atoms with Crippen molar-refractivity contribution in [3.05, 3.63) is 168 Å². The van der Waals surface area contributed by atoms with Crippen molar-refractivity contribution in [3.63, 3.8) is 0 Å². The van der Waals surface area contributed by atoms with Gasteiger partial charge in [-0.05, 0) is 83.1 Å². The molecule has 10 rings (SSSR count). The van der Waals surface area contributed by atoms with Gasteiger partial charge < -0.3 is 0 Å². The second-order valence-electron chi connectivity index (χ2n) is 14.5. The van der Waals surface area contributed by atoms with Crippen molar-refractivity contribution in [3.8, 4) is 45.5 Å². The van der Waals surface area contributed by atoms with Gasteiger partial charge in [-0.1, -0.05) is 135 Å². The molecule has 0 bridgehead atoms. The molecule has 5 heteroatoms. The number of aromatic nitrogens is 5. The van der Waals surface area contributed by atoms with E-state index >= 15 is 0 Å². The highest BCUT2D eigenvalue weighted by Crippen LogP contribution is 2.51. The molecule has 0 N–H and O–H groups in total. The highest BCUT2D eigenvalue weighted by atomic mass is 15.3. The van der Waals surface area contributed by atoms with Crippen LogP contribution >= 0.6 is 0 Å². The zero-order valence-corrected chi connectivity index (χ0v) is 30.2. The number of fused-ring (bicyclic) bond motifs is 7. The molecule has 0 saturated heterocycles. The monoisotopic (exact) mass is 683 g/mol. The maximum absolute atomic E-state index is 5.38. The van der Waals surface area contributed by atoms with Crippen LogP contribution in [0.25, 0.3) is 84.3 Å². The molecule has 0 amide bonds. The van der Waals surface area contributed by atoms with E-state index in [9.17, 15) is 0 Å². The quantitative estimate of drug-likeness (QED) is 0.181.